The number of non-ortho nitro benzene ring substituents is 1. The van der Waals surface area contributed by atoms with Gasteiger partial charge < -0.3 is 5.32 Å². The van der Waals surface area contributed by atoms with E-state index in [1.807, 2.05) is 6.92 Å². The first-order valence-corrected chi connectivity index (χ1v) is 8.67. The maximum atomic E-state index is 11.8. The van der Waals surface area contributed by atoms with Crippen LogP contribution in [0, 0.1) is 17.0 Å². The summed E-state index contributed by atoms with van der Waals surface area (Å²) >= 11 is 1.46. The van der Waals surface area contributed by atoms with Crippen LogP contribution in [0.5, 0.6) is 0 Å². The Morgan fingerprint density at radius 3 is 2.67 bits per heavy atom. The molecule has 21 heavy (non-hydrogen) atoms. The van der Waals surface area contributed by atoms with Crippen LogP contribution in [0.25, 0.3) is 0 Å². The average Bonchev–Trinajstić information content (AvgIpc) is 2.80. The molecule has 0 aliphatic carbocycles. The molecule has 0 fully saturated rings. The first-order chi connectivity index (χ1) is 9.79. The second kappa shape index (κ2) is 5.78. The largest absolute Gasteiger partial charge is 0.379 e. The highest BCUT2D eigenvalue weighted by atomic mass is 32.2. The molecule has 2 rings (SSSR count). The number of hydrogen-bond donors (Lipinski definition) is 1. The van der Waals surface area contributed by atoms with Gasteiger partial charge in [0.2, 0.25) is 0 Å². The fourth-order valence-corrected chi connectivity index (χ4v) is 3.34. The number of thiazole rings is 1. The first kappa shape index (κ1) is 15.4. The molecule has 1 aromatic carbocycles. The molecule has 2 aromatic rings. The lowest BCUT2D eigenvalue weighted by atomic mass is 10.2. The smallest absolute Gasteiger partial charge is 0.270 e. The van der Waals surface area contributed by atoms with Crippen molar-refractivity contribution in [3.63, 3.8) is 0 Å². The van der Waals surface area contributed by atoms with Gasteiger partial charge in [-0.05, 0) is 13.0 Å². The zero-order valence-corrected chi connectivity index (χ0v) is 13.0. The molecule has 9 heteroatoms. The molecule has 0 spiro atoms. The maximum absolute atomic E-state index is 11.8. The standard InChI is InChI=1S/C12H13N3O4S2/c1-8-11(20-7-14-8)6-13-10-4-3-9(15(16)17)5-12(10)21(2,18)19/h3-5,7,13H,6H2,1-2H3. The molecule has 0 bridgehead atoms. The Kier molecular flexibility index (Phi) is 4.24. The highest BCUT2D eigenvalue weighted by Crippen LogP contribution is 2.27. The Labute approximate surface area is 125 Å². The van der Waals surface area contributed by atoms with E-state index in [4.69, 9.17) is 0 Å². The molecule has 0 aliphatic heterocycles. The molecule has 112 valence electrons. The van der Waals surface area contributed by atoms with Gasteiger partial charge in [0.05, 0.1) is 33.3 Å². The summed E-state index contributed by atoms with van der Waals surface area (Å²) in [6.45, 7) is 2.28. The van der Waals surface area contributed by atoms with Crippen LogP contribution >= 0.6 is 11.3 Å². The van der Waals surface area contributed by atoms with Crippen LogP contribution < -0.4 is 5.32 Å². The van der Waals surface area contributed by atoms with E-state index in [1.54, 1.807) is 5.51 Å². The summed E-state index contributed by atoms with van der Waals surface area (Å²) in [4.78, 5) is 15.1. The normalized spacial score (nSPS) is 11.3. The Hall–Kier alpha value is -2.00. The number of aromatic nitrogens is 1. The third-order valence-corrected chi connectivity index (χ3v) is 4.93. The van der Waals surface area contributed by atoms with Crippen molar-refractivity contribution in [3.8, 4) is 0 Å². The Morgan fingerprint density at radius 2 is 2.14 bits per heavy atom. The van der Waals surface area contributed by atoms with Crippen LogP contribution in [0.2, 0.25) is 0 Å². The number of nitro benzene ring substituents is 1. The second-order valence-electron chi connectivity index (χ2n) is 4.42. The summed E-state index contributed by atoms with van der Waals surface area (Å²) < 4.78 is 23.6. The average molecular weight is 327 g/mol. The summed E-state index contributed by atoms with van der Waals surface area (Å²) in [5.41, 5.74) is 2.67. The van der Waals surface area contributed by atoms with Crippen molar-refractivity contribution in [2.75, 3.05) is 11.6 Å². The van der Waals surface area contributed by atoms with E-state index >= 15 is 0 Å². The predicted molar refractivity (Wildman–Crippen MR) is 80.4 cm³/mol. The van der Waals surface area contributed by atoms with E-state index in [9.17, 15) is 18.5 Å². The van der Waals surface area contributed by atoms with E-state index < -0.39 is 14.8 Å². The minimum absolute atomic E-state index is 0.0844. The van der Waals surface area contributed by atoms with Crippen molar-refractivity contribution in [2.45, 2.75) is 18.4 Å². The number of benzene rings is 1. The molecule has 0 saturated heterocycles. The monoisotopic (exact) mass is 327 g/mol. The van der Waals surface area contributed by atoms with Gasteiger partial charge in [0.25, 0.3) is 5.69 Å². The lowest BCUT2D eigenvalue weighted by Crippen LogP contribution is -2.07. The van der Waals surface area contributed by atoms with Crippen LogP contribution in [-0.2, 0) is 16.4 Å². The third kappa shape index (κ3) is 3.56. The predicted octanol–water partition coefficient (Wildman–Crippen LogP) is 2.38. The highest BCUT2D eigenvalue weighted by molar-refractivity contribution is 7.90. The zero-order valence-electron chi connectivity index (χ0n) is 11.4. The van der Waals surface area contributed by atoms with Gasteiger partial charge in [-0.3, -0.25) is 10.1 Å². The number of nitrogens with zero attached hydrogens (tertiary/aromatic N) is 2. The van der Waals surface area contributed by atoms with Crippen LogP contribution in [0.15, 0.2) is 28.6 Å². The molecule has 0 atom stereocenters. The molecule has 0 unspecified atom stereocenters. The van der Waals surface area contributed by atoms with Gasteiger partial charge in [-0.1, -0.05) is 0 Å². The quantitative estimate of drug-likeness (QED) is 0.668. The number of aryl methyl sites for hydroxylation is 1. The Bertz CT molecular complexity index is 784. The summed E-state index contributed by atoms with van der Waals surface area (Å²) in [5.74, 6) is 0. The zero-order chi connectivity index (χ0) is 15.6. The van der Waals surface area contributed by atoms with Gasteiger partial charge in [-0.15, -0.1) is 11.3 Å². The van der Waals surface area contributed by atoms with Gasteiger partial charge in [-0.2, -0.15) is 0 Å². The number of nitro groups is 1. The third-order valence-electron chi connectivity index (χ3n) is 2.86. The molecular weight excluding hydrogens is 314 g/mol. The topological polar surface area (TPSA) is 102 Å². The summed E-state index contributed by atoms with van der Waals surface area (Å²) in [6.07, 6.45) is 1.02. The molecule has 7 nitrogen and oxygen atoms in total. The minimum atomic E-state index is -3.57. The Morgan fingerprint density at radius 1 is 1.43 bits per heavy atom. The van der Waals surface area contributed by atoms with Crippen molar-refractivity contribution in [3.05, 3.63) is 44.4 Å². The first-order valence-electron chi connectivity index (χ1n) is 5.90. The van der Waals surface area contributed by atoms with E-state index in [-0.39, 0.29) is 10.6 Å². The highest BCUT2D eigenvalue weighted by Gasteiger charge is 2.18. The maximum Gasteiger partial charge on any atom is 0.270 e. The van der Waals surface area contributed by atoms with Crippen molar-refractivity contribution in [1.82, 2.24) is 4.98 Å². The molecule has 0 amide bonds. The van der Waals surface area contributed by atoms with Gasteiger partial charge >= 0.3 is 0 Å². The van der Waals surface area contributed by atoms with Crippen LogP contribution in [0.4, 0.5) is 11.4 Å². The van der Waals surface area contributed by atoms with Gasteiger partial charge in [0.15, 0.2) is 9.84 Å². The summed E-state index contributed by atoms with van der Waals surface area (Å²) in [6, 6.07) is 3.75. The second-order valence-corrected chi connectivity index (χ2v) is 7.35. The number of rotatable bonds is 5. The van der Waals surface area contributed by atoms with Gasteiger partial charge in [0.1, 0.15) is 0 Å². The van der Waals surface area contributed by atoms with Crippen LogP contribution in [0.1, 0.15) is 10.6 Å². The molecule has 1 aromatic heterocycles. The number of sulfone groups is 1. The number of anilines is 1. The molecule has 0 saturated carbocycles. The molecule has 0 radical (unpaired) electrons. The van der Waals surface area contributed by atoms with Crippen molar-refractivity contribution in [2.24, 2.45) is 0 Å². The van der Waals surface area contributed by atoms with Crippen molar-refractivity contribution < 1.29 is 13.3 Å². The Balaban J connectivity index is 2.35. The molecule has 1 heterocycles. The molecule has 0 aliphatic rings. The fourth-order valence-electron chi connectivity index (χ4n) is 1.75. The lowest BCUT2D eigenvalue weighted by Gasteiger charge is -2.10. The van der Waals surface area contributed by atoms with E-state index in [0.717, 1.165) is 22.9 Å². The summed E-state index contributed by atoms with van der Waals surface area (Å²) in [5, 5.41) is 13.8. The van der Waals surface area contributed by atoms with Crippen LogP contribution in [0.3, 0.4) is 0 Å². The van der Waals surface area contributed by atoms with E-state index in [2.05, 4.69) is 10.3 Å². The van der Waals surface area contributed by atoms with E-state index in [1.165, 1.54) is 23.5 Å². The SMILES string of the molecule is Cc1ncsc1CNc1ccc([N+](=O)[O-])cc1S(C)(=O)=O. The fraction of sp³-hybridized carbons (Fsp3) is 0.250. The van der Waals surface area contributed by atoms with Crippen molar-refractivity contribution >= 4 is 32.5 Å². The van der Waals surface area contributed by atoms with Crippen LogP contribution in [-0.4, -0.2) is 24.6 Å². The van der Waals surface area contributed by atoms with Gasteiger partial charge in [0, 0.05) is 23.3 Å². The molecule has 1 N–H and O–H groups in total. The number of hydrogen-bond acceptors (Lipinski definition) is 7. The van der Waals surface area contributed by atoms with Gasteiger partial charge in [-0.25, -0.2) is 13.4 Å². The molecular formula is C12H13N3O4S2. The minimum Gasteiger partial charge on any atom is -0.379 e. The summed E-state index contributed by atoms with van der Waals surface area (Å²) in [7, 11) is -3.57. The number of nitrogens with one attached hydrogen (secondary N) is 1. The lowest BCUT2D eigenvalue weighted by molar-refractivity contribution is -0.385. The van der Waals surface area contributed by atoms with E-state index in [0.29, 0.717) is 12.2 Å². The van der Waals surface area contributed by atoms with Crippen molar-refractivity contribution in [1.29, 1.82) is 0 Å².